The highest BCUT2D eigenvalue weighted by Gasteiger charge is 2.32. The highest BCUT2D eigenvalue weighted by Crippen LogP contribution is 2.25. The van der Waals surface area contributed by atoms with Crippen LogP contribution in [0.3, 0.4) is 0 Å². The Balaban J connectivity index is 2.47. The molecule has 0 spiro atoms. The minimum atomic E-state index is -4.84. The van der Waals surface area contributed by atoms with Crippen LogP contribution < -0.4 is 11.2 Å². The Kier molecular flexibility index (Phi) is 3.91. The number of benzene rings is 1. The van der Waals surface area contributed by atoms with Gasteiger partial charge in [0.25, 0.3) is 5.56 Å². The van der Waals surface area contributed by atoms with E-state index in [1.54, 1.807) is 4.98 Å². The van der Waals surface area contributed by atoms with Gasteiger partial charge in [0.2, 0.25) is 0 Å². The molecule has 2 aromatic rings. The van der Waals surface area contributed by atoms with Gasteiger partial charge in [-0.15, -0.1) is 0 Å². The number of nitrogens with zero attached hydrogens (tertiary/aromatic N) is 1. The summed E-state index contributed by atoms with van der Waals surface area (Å²) in [6, 6.07) is 3.79. The Morgan fingerprint density at radius 1 is 1.19 bits per heavy atom. The molecule has 0 unspecified atom stereocenters. The molecule has 112 valence electrons. The van der Waals surface area contributed by atoms with Crippen molar-refractivity contribution in [1.82, 2.24) is 9.55 Å². The Labute approximate surface area is 119 Å². The van der Waals surface area contributed by atoms with E-state index in [0.717, 1.165) is 6.07 Å². The van der Waals surface area contributed by atoms with Gasteiger partial charge in [-0.05, 0) is 12.1 Å². The third kappa shape index (κ3) is 3.33. The molecule has 0 aliphatic carbocycles. The van der Waals surface area contributed by atoms with Gasteiger partial charge >= 0.3 is 11.9 Å². The van der Waals surface area contributed by atoms with Crippen molar-refractivity contribution >= 4 is 11.6 Å². The number of rotatable bonds is 2. The molecular weight excluding hydrogens is 316 g/mol. The number of alkyl halides is 3. The van der Waals surface area contributed by atoms with E-state index in [4.69, 9.17) is 11.6 Å². The van der Waals surface area contributed by atoms with Gasteiger partial charge in [-0.2, -0.15) is 13.2 Å². The van der Waals surface area contributed by atoms with Gasteiger partial charge < -0.3 is 4.98 Å². The molecule has 1 aromatic heterocycles. The lowest BCUT2D eigenvalue weighted by Gasteiger charge is -2.09. The molecule has 21 heavy (non-hydrogen) atoms. The quantitative estimate of drug-likeness (QED) is 0.863. The van der Waals surface area contributed by atoms with Crippen molar-refractivity contribution in [3.05, 3.63) is 67.2 Å². The lowest BCUT2D eigenvalue weighted by atomic mass is 10.2. The van der Waals surface area contributed by atoms with Crippen LogP contribution in [0.15, 0.2) is 33.9 Å². The Hall–Kier alpha value is -2.09. The molecule has 0 saturated carbocycles. The molecule has 1 N–H and O–H groups in total. The summed E-state index contributed by atoms with van der Waals surface area (Å²) in [5.41, 5.74) is -3.96. The van der Waals surface area contributed by atoms with E-state index in [9.17, 15) is 27.2 Å². The Morgan fingerprint density at radius 3 is 2.38 bits per heavy atom. The number of hydrogen-bond acceptors (Lipinski definition) is 2. The highest BCUT2D eigenvalue weighted by atomic mass is 35.5. The fourth-order valence-electron chi connectivity index (χ4n) is 1.64. The topological polar surface area (TPSA) is 54.9 Å². The zero-order valence-corrected chi connectivity index (χ0v) is 10.9. The largest absolute Gasteiger partial charge is 0.431 e. The standard InChI is InChI=1S/C12H7ClF4N2O2/c13-7-2-1-6(8(14)3-7)5-19-10(20)4-9(12(15,16)17)18-11(19)21/h1-4H,5H2,(H,18,21). The van der Waals surface area contributed by atoms with Crippen LogP contribution in [0.5, 0.6) is 0 Å². The van der Waals surface area contributed by atoms with Crippen LogP contribution in [0.1, 0.15) is 11.3 Å². The average Bonchev–Trinajstić information content (AvgIpc) is 2.34. The van der Waals surface area contributed by atoms with E-state index in [1.807, 2.05) is 0 Å². The molecule has 0 aliphatic rings. The summed E-state index contributed by atoms with van der Waals surface area (Å²) >= 11 is 5.55. The summed E-state index contributed by atoms with van der Waals surface area (Å²) in [6.07, 6.45) is -4.84. The van der Waals surface area contributed by atoms with Gasteiger partial charge in [-0.1, -0.05) is 17.7 Å². The van der Waals surface area contributed by atoms with Crippen molar-refractivity contribution in [3.8, 4) is 0 Å². The van der Waals surface area contributed by atoms with E-state index in [0.29, 0.717) is 4.57 Å². The van der Waals surface area contributed by atoms with Gasteiger partial charge in [0.1, 0.15) is 11.5 Å². The number of halogens is 5. The number of aromatic nitrogens is 2. The number of H-pyrrole nitrogens is 1. The normalized spacial score (nSPS) is 11.7. The van der Waals surface area contributed by atoms with Crippen molar-refractivity contribution in [2.24, 2.45) is 0 Å². The molecular formula is C12H7ClF4N2O2. The molecule has 0 fully saturated rings. The number of nitrogens with one attached hydrogen (secondary N) is 1. The Morgan fingerprint density at radius 2 is 1.86 bits per heavy atom. The van der Waals surface area contributed by atoms with Gasteiger partial charge in [0.15, 0.2) is 0 Å². The monoisotopic (exact) mass is 322 g/mol. The zero-order chi connectivity index (χ0) is 15.8. The van der Waals surface area contributed by atoms with Crippen LogP contribution in [0, 0.1) is 5.82 Å². The first-order valence-corrected chi connectivity index (χ1v) is 5.91. The van der Waals surface area contributed by atoms with E-state index in [1.165, 1.54) is 12.1 Å². The van der Waals surface area contributed by atoms with E-state index >= 15 is 0 Å². The van der Waals surface area contributed by atoms with Gasteiger partial charge in [0.05, 0.1) is 6.54 Å². The first-order valence-electron chi connectivity index (χ1n) is 5.54. The fourth-order valence-corrected chi connectivity index (χ4v) is 1.80. The van der Waals surface area contributed by atoms with Gasteiger partial charge in [-0.25, -0.2) is 9.18 Å². The summed E-state index contributed by atoms with van der Waals surface area (Å²) in [5.74, 6) is -0.770. The minimum absolute atomic E-state index is 0.0493. The van der Waals surface area contributed by atoms with Crippen LogP contribution in [-0.4, -0.2) is 9.55 Å². The molecule has 4 nitrogen and oxygen atoms in total. The summed E-state index contributed by atoms with van der Waals surface area (Å²) < 4.78 is 51.3. The van der Waals surface area contributed by atoms with Crippen molar-refractivity contribution in [3.63, 3.8) is 0 Å². The molecule has 0 saturated heterocycles. The first-order chi connectivity index (χ1) is 9.68. The SMILES string of the molecule is O=c1cc(C(F)(F)F)[nH]c(=O)n1Cc1ccc(Cl)cc1F. The van der Waals surface area contributed by atoms with Crippen molar-refractivity contribution in [1.29, 1.82) is 0 Å². The van der Waals surface area contributed by atoms with E-state index < -0.39 is 35.5 Å². The third-order valence-electron chi connectivity index (χ3n) is 2.67. The minimum Gasteiger partial charge on any atom is -0.303 e. The van der Waals surface area contributed by atoms with Gasteiger partial charge in [-0.3, -0.25) is 9.36 Å². The maximum absolute atomic E-state index is 13.6. The molecule has 1 heterocycles. The summed E-state index contributed by atoms with van der Waals surface area (Å²) in [7, 11) is 0. The number of aromatic amines is 1. The predicted molar refractivity (Wildman–Crippen MR) is 66.8 cm³/mol. The summed E-state index contributed by atoms with van der Waals surface area (Å²) in [6.45, 7) is -0.505. The van der Waals surface area contributed by atoms with Crippen LogP contribution >= 0.6 is 11.6 Å². The lowest BCUT2D eigenvalue weighted by Crippen LogP contribution is -2.37. The fraction of sp³-hybridized carbons (Fsp3) is 0.167. The van der Waals surface area contributed by atoms with Crippen molar-refractivity contribution in [2.75, 3.05) is 0 Å². The number of hydrogen-bond donors (Lipinski definition) is 1. The first kappa shape index (κ1) is 15.3. The lowest BCUT2D eigenvalue weighted by molar-refractivity contribution is -0.141. The summed E-state index contributed by atoms with van der Waals surface area (Å²) in [4.78, 5) is 24.7. The molecule has 0 amide bonds. The average molecular weight is 323 g/mol. The van der Waals surface area contributed by atoms with Crippen LogP contribution in [-0.2, 0) is 12.7 Å². The van der Waals surface area contributed by atoms with E-state index in [-0.39, 0.29) is 16.7 Å². The van der Waals surface area contributed by atoms with Crippen LogP contribution in [0.2, 0.25) is 5.02 Å². The van der Waals surface area contributed by atoms with Crippen LogP contribution in [0.25, 0.3) is 0 Å². The second kappa shape index (κ2) is 5.36. The maximum atomic E-state index is 13.6. The molecule has 0 radical (unpaired) electrons. The Bertz CT molecular complexity index is 764. The highest BCUT2D eigenvalue weighted by molar-refractivity contribution is 6.30. The molecule has 2 rings (SSSR count). The van der Waals surface area contributed by atoms with E-state index in [2.05, 4.69) is 0 Å². The van der Waals surface area contributed by atoms with Crippen molar-refractivity contribution < 1.29 is 17.6 Å². The molecule has 1 aromatic carbocycles. The third-order valence-corrected chi connectivity index (χ3v) is 2.90. The molecule has 9 heteroatoms. The van der Waals surface area contributed by atoms with Gasteiger partial charge in [0, 0.05) is 16.7 Å². The van der Waals surface area contributed by atoms with Crippen molar-refractivity contribution in [2.45, 2.75) is 12.7 Å². The molecule has 0 aliphatic heterocycles. The second-order valence-electron chi connectivity index (χ2n) is 4.15. The second-order valence-corrected chi connectivity index (χ2v) is 4.58. The molecule has 0 bridgehead atoms. The van der Waals surface area contributed by atoms with Crippen LogP contribution in [0.4, 0.5) is 17.6 Å². The molecule has 0 atom stereocenters. The zero-order valence-electron chi connectivity index (χ0n) is 10.2. The summed E-state index contributed by atoms with van der Waals surface area (Å²) in [5, 5.41) is 0.116. The smallest absolute Gasteiger partial charge is 0.303 e. The predicted octanol–water partition coefficient (Wildman–Crippen LogP) is 2.40. The maximum Gasteiger partial charge on any atom is 0.431 e.